The molecule has 0 aromatic heterocycles. The lowest BCUT2D eigenvalue weighted by atomic mass is 10.1. The van der Waals surface area contributed by atoms with E-state index < -0.39 is 11.9 Å². The highest BCUT2D eigenvalue weighted by atomic mass is 16.5. The zero-order valence-electron chi connectivity index (χ0n) is 16.1. The van der Waals surface area contributed by atoms with Crippen molar-refractivity contribution in [3.8, 4) is 0 Å². The van der Waals surface area contributed by atoms with Gasteiger partial charge in [0.2, 0.25) is 0 Å². The Bertz CT molecular complexity index is 461. The van der Waals surface area contributed by atoms with E-state index in [0.29, 0.717) is 32.3 Å². The van der Waals surface area contributed by atoms with Gasteiger partial charge in [-0.15, -0.1) is 0 Å². The van der Waals surface area contributed by atoms with E-state index >= 15 is 0 Å². The second kappa shape index (κ2) is 16.1. The Hall–Kier alpha value is -2.12. The maximum absolute atomic E-state index is 11.6. The molecule has 27 heavy (non-hydrogen) atoms. The lowest BCUT2D eigenvalue weighted by Crippen LogP contribution is -2.14. The molecule has 8 nitrogen and oxygen atoms in total. The van der Waals surface area contributed by atoms with Crippen LogP contribution in [0.25, 0.3) is 0 Å². The number of hydrogen-bond acceptors (Lipinski definition) is 6. The number of rotatable bonds is 17. The molecule has 0 aliphatic rings. The van der Waals surface area contributed by atoms with Gasteiger partial charge < -0.3 is 19.7 Å². The van der Waals surface area contributed by atoms with Gasteiger partial charge in [-0.25, -0.2) is 0 Å². The second-order valence-corrected chi connectivity index (χ2v) is 6.57. The average molecular weight is 388 g/mol. The van der Waals surface area contributed by atoms with Gasteiger partial charge in [-0.2, -0.15) is 0 Å². The smallest absolute Gasteiger partial charge is 0.306 e. The molecule has 0 spiro atoms. The normalized spacial score (nSPS) is 11.6. The van der Waals surface area contributed by atoms with Gasteiger partial charge in [0.1, 0.15) is 0 Å². The fraction of sp³-hybridized carbons (Fsp3) is 0.789. The van der Waals surface area contributed by atoms with Crippen LogP contribution in [-0.4, -0.2) is 46.8 Å². The Balaban J connectivity index is 3.50. The highest BCUT2D eigenvalue weighted by molar-refractivity contribution is 5.70. The van der Waals surface area contributed by atoms with Gasteiger partial charge in [0.15, 0.2) is 0 Å². The van der Waals surface area contributed by atoms with Crippen molar-refractivity contribution >= 4 is 23.9 Å². The van der Waals surface area contributed by atoms with Crippen LogP contribution in [-0.2, 0) is 28.7 Å². The first-order valence-corrected chi connectivity index (χ1v) is 9.60. The highest BCUT2D eigenvalue weighted by Gasteiger charge is 2.10. The molecule has 0 saturated heterocycles. The number of esters is 2. The van der Waals surface area contributed by atoms with Crippen molar-refractivity contribution in [2.45, 2.75) is 90.1 Å². The number of carboxylic acid groups (broad SMARTS) is 2. The SMILES string of the molecule is CC(CCCCCOC(=O)CCCCC(=O)O)OC(=O)CCCCC(=O)O. The van der Waals surface area contributed by atoms with Gasteiger partial charge in [0.05, 0.1) is 12.7 Å². The van der Waals surface area contributed by atoms with E-state index in [1.807, 2.05) is 6.92 Å². The molecular formula is C19H32O8. The Kier molecular flexibility index (Phi) is 14.8. The molecule has 0 aliphatic carbocycles. The molecule has 1 unspecified atom stereocenters. The van der Waals surface area contributed by atoms with Crippen LogP contribution in [0.2, 0.25) is 0 Å². The van der Waals surface area contributed by atoms with Crippen molar-refractivity contribution in [3.63, 3.8) is 0 Å². The van der Waals surface area contributed by atoms with Crippen molar-refractivity contribution in [1.29, 1.82) is 0 Å². The average Bonchev–Trinajstić information content (AvgIpc) is 2.58. The van der Waals surface area contributed by atoms with E-state index in [1.165, 1.54) is 0 Å². The van der Waals surface area contributed by atoms with Gasteiger partial charge >= 0.3 is 23.9 Å². The van der Waals surface area contributed by atoms with E-state index in [0.717, 1.165) is 25.7 Å². The lowest BCUT2D eigenvalue weighted by Gasteiger charge is -2.13. The summed E-state index contributed by atoms with van der Waals surface area (Å²) in [7, 11) is 0. The molecule has 0 fully saturated rings. The molecule has 0 saturated carbocycles. The lowest BCUT2D eigenvalue weighted by molar-refractivity contribution is -0.149. The summed E-state index contributed by atoms with van der Waals surface area (Å²) >= 11 is 0. The predicted molar refractivity (Wildman–Crippen MR) is 97.2 cm³/mol. The van der Waals surface area contributed by atoms with Gasteiger partial charge in [0, 0.05) is 25.7 Å². The van der Waals surface area contributed by atoms with Crippen molar-refractivity contribution in [2.75, 3.05) is 6.61 Å². The third-order valence-corrected chi connectivity index (χ3v) is 3.89. The minimum atomic E-state index is -0.861. The number of carbonyl (C=O) groups excluding carboxylic acids is 2. The second-order valence-electron chi connectivity index (χ2n) is 6.57. The largest absolute Gasteiger partial charge is 0.481 e. The van der Waals surface area contributed by atoms with Crippen LogP contribution < -0.4 is 0 Å². The summed E-state index contributed by atoms with van der Waals surface area (Å²) in [5.41, 5.74) is 0. The Morgan fingerprint density at radius 2 is 1.22 bits per heavy atom. The molecule has 0 aromatic rings. The molecule has 8 heteroatoms. The zero-order valence-corrected chi connectivity index (χ0v) is 16.1. The Labute approximate surface area is 160 Å². The first kappa shape index (κ1) is 24.9. The standard InChI is InChI=1S/C19H32O8/c1-15(27-19(25)13-7-5-11-17(22)23)9-3-2-8-14-26-18(24)12-6-4-10-16(20)21/h15H,2-14H2,1H3,(H,20,21)(H,22,23). The molecule has 0 heterocycles. The van der Waals surface area contributed by atoms with Crippen LogP contribution in [0.3, 0.4) is 0 Å². The maximum atomic E-state index is 11.6. The van der Waals surface area contributed by atoms with Crippen LogP contribution in [0.1, 0.15) is 84.0 Å². The number of carbonyl (C=O) groups is 4. The van der Waals surface area contributed by atoms with Crippen molar-refractivity contribution in [2.24, 2.45) is 0 Å². The topological polar surface area (TPSA) is 127 Å². The number of hydrogen-bond donors (Lipinski definition) is 2. The molecule has 2 N–H and O–H groups in total. The summed E-state index contributed by atoms with van der Waals surface area (Å²) in [6.45, 7) is 2.17. The van der Waals surface area contributed by atoms with E-state index in [2.05, 4.69) is 0 Å². The first-order chi connectivity index (χ1) is 12.8. The van der Waals surface area contributed by atoms with Gasteiger partial charge in [-0.05, 0) is 58.3 Å². The molecule has 156 valence electrons. The van der Waals surface area contributed by atoms with Crippen molar-refractivity contribution in [1.82, 2.24) is 0 Å². The predicted octanol–water partition coefficient (Wildman–Crippen LogP) is 3.31. The van der Waals surface area contributed by atoms with Crippen molar-refractivity contribution < 1.29 is 38.9 Å². The molecule has 0 radical (unpaired) electrons. The third-order valence-electron chi connectivity index (χ3n) is 3.89. The minimum Gasteiger partial charge on any atom is -0.481 e. The molecule has 0 bridgehead atoms. The summed E-state index contributed by atoms with van der Waals surface area (Å²) in [5, 5.41) is 17.0. The van der Waals surface area contributed by atoms with E-state index in [9.17, 15) is 19.2 Å². The van der Waals surface area contributed by atoms with E-state index in [-0.39, 0.29) is 43.7 Å². The fourth-order valence-corrected chi connectivity index (χ4v) is 2.40. The van der Waals surface area contributed by atoms with Crippen LogP contribution in [0.4, 0.5) is 0 Å². The van der Waals surface area contributed by atoms with Gasteiger partial charge in [0.25, 0.3) is 0 Å². The Morgan fingerprint density at radius 3 is 1.78 bits per heavy atom. The monoisotopic (exact) mass is 388 g/mol. The summed E-state index contributed by atoms with van der Waals surface area (Å²) in [5.74, 6) is -2.32. The first-order valence-electron chi connectivity index (χ1n) is 9.60. The molecule has 0 amide bonds. The fourth-order valence-electron chi connectivity index (χ4n) is 2.40. The number of carboxylic acids is 2. The summed E-state index contributed by atoms with van der Waals surface area (Å²) in [6, 6.07) is 0. The van der Waals surface area contributed by atoms with Crippen LogP contribution in [0.5, 0.6) is 0 Å². The summed E-state index contributed by atoms with van der Waals surface area (Å²) in [6.07, 6.45) is 5.56. The number of ether oxygens (including phenoxy) is 2. The van der Waals surface area contributed by atoms with Crippen LogP contribution in [0.15, 0.2) is 0 Å². The summed E-state index contributed by atoms with van der Waals surface area (Å²) in [4.78, 5) is 43.7. The molecule has 0 aliphatic heterocycles. The molecule has 0 aromatic carbocycles. The Morgan fingerprint density at radius 1 is 0.704 bits per heavy atom. The van der Waals surface area contributed by atoms with Gasteiger partial charge in [-0.1, -0.05) is 0 Å². The van der Waals surface area contributed by atoms with E-state index in [4.69, 9.17) is 19.7 Å². The van der Waals surface area contributed by atoms with E-state index in [1.54, 1.807) is 0 Å². The zero-order chi connectivity index (χ0) is 20.5. The quantitative estimate of drug-likeness (QED) is 0.287. The summed E-state index contributed by atoms with van der Waals surface area (Å²) < 4.78 is 10.3. The van der Waals surface area contributed by atoms with Crippen molar-refractivity contribution in [3.05, 3.63) is 0 Å². The molecular weight excluding hydrogens is 356 g/mol. The van der Waals surface area contributed by atoms with Crippen LogP contribution >= 0.6 is 0 Å². The minimum absolute atomic E-state index is 0.0652. The maximum Gasteiger partial charge on any atom is 0.306 e. The van der Waals surface area contributed by atoms with Gasteiger partial charge in [-0.3, -0.25) is 19.2 Å². The third kappa shape index (κ3) is 18.5. The number of unbranched alkanes of at least 4 members (excludes halogenated alkanes) is 4. The highest BCUT2D eigenvalue weighted by Crippen LogP contribution is 2.10. The number of aliphatic carboxylic acids is 2. The van der Waals surface area contributed by atoms with Crippen LogP contribution in [0, 0.1) is 0 Å². The molecule has 1 atom stereocenters. The molecule has 0 rings (SSSR count).